The summed E-state index contributed by atoms with van der Waals surface area (Å²) >= 11 is 7.45. The number of thiazole rings is 1. The van der Waals surface area contributed by atoms with Crippen LogP contribution in [0.15, 0.2) is 24.4 Å². The van der Waals surface area contributed by atoms with Gasteiger partial charge in [-0.25, -0.2) is 4.98 Å². The van der Waals surface area contributed by atoms with Gasteiger partial charge in [0.15, 0.2) is 5.13 Å². The van der Waals surface area contributed by atoms with E-state index in [4.69, 9.17) is 16.3 Å². The summed E-state index contributed by atoms with van der Waals surface area (Å²) in [5.41, 5.74) is 1.09. The van der Waals surface area contributed by atoms with Gasteiger partial charge in [-0.3, -0.25) is 14.8 Å². The molecule has 0 aliphatic rings. The molecule has 0 atom stereocenters. The largest absolute Gasteiger partial charge is 0.494 e. The molecule has 108 valence electrons. The smallest absolute Gasteiger partial charge is 0.275 e. The van der Waals surface area contributed by atoms with E-state index >= 15 is 0 Å². The molecule has 0 unspecified atom stereocenters. The zero-order valence-corrected chi connectivity index (χ0v) is 12.8. The van der Waals surface area contributed by atoms with Crippen LogP contribution in [-0.4, -0.2) is 27.8 Å². The van der Waals surface area contributed by atoms with E-state index in [9.17, 15) is 4.79 Å². The number of aryl methyl sites for hydroxylation is 1. The molecular formula is C13H11ClN4O2S. The monoisotopic (exact) mass is 322 g/mol. The number of ether oxygens (including phenoxy) is 1. The minimum atomic E-state index is -0.274. The molecular weight excluding hydrogens is 312 g/mol. The molecule has 0 spiro atoms. The summed E-state index contributed by atoms with van der Waals surface area (Å²) in [7, 11) is 3.27. The molecule has 2 heterocycles. The van der Waals surface area contributed by atoms with Gasteiger partial charge in [0.2, 0.25) is 0 Å². The predicted molar refractivity (Wildman–Crippen MR) is 82.3 cm³/mol. The minimum Gasteiger partial charge on any atom is -0.494 e. The summed E-state index contributed by atoms with van der Waals surface area (Å²) in [5, 5.41) is 7.74. The summed E-state index contributed by atoms with van der Waals surface area (Å²) in [6.07, 6.45) is 1.56. The van der Waals surface area contributed by atoms with Gasteiger partial charge in [-0.05, 0) is 18.2 Å². The highest BCUT2D eigenvalue weighted by Gasteiger charge is 2.16. The van der Waals surface area contributed by atoms with E-state index in [0.29, 0.717) is 27.1 Å². The third-order valence-electron chi connectivity index (χ3n) is 2.95. The highest BCUT2D eigenvalue weighted by atomic mass is 35.5. The number of fused-ring (bicyclic) bond motifs is 1. The number of hydrogen-bond acceptors (Lipinski definition) is 5. The molecule has 0 aliphatic heterocycles. The Labute approximate surface area is 129 Å². The third-order valence-corrected chi connectivity index (χ3v) is 4.38. The van der Waals surface area contributed by atoms with Gasteiger partial charge in [-0.15, -0.1) is 0 Å². The zero-order valence-electron chi connectivity index (χ0n) is 11.3. The number of amides is 1. The van der Waals surface area contributed by atoms with E-state index < -0.39 is 0 Å². The lowest BCUT2D eigenvalue weighted by atomic mass is 10.3. The van der Waals surface area contributed by atoms with E-state index in [1.54, 1.807) is 38.6 Å². The first-order chi connectivity index (χ1) is 10.1. The first-order valence-corrected chi connectivity index (χ1v) is 7.22. The number of hydrogen-bond donors (Lipinski definition) is 1. The number of aromatic nitrogens is 3. The Morgan fingerprint density at radius 1 is 1.43 bits per heavy atom. The van der Waals surface area contributed by atoms with E-state index in [-0.39, 0.29) is 5.91 Å². The fraction of sp³-hybridized carbons (Fsp3) is 0.154. The van der Waals surface area contributed by atoms with Crippen LogP contribution in [0.25, 0.3) is 10.2 Å². The summed E-state index contributed by atoms with van der Waals surface area (Å²) < 4.78 is 7.52. The Kier molecular flexibility index (Phi) is 3.52. The van der Waals surface area contributed by atoms with Crippen molar-refractivity contribution in [3.8, 4) is 5.75 Å². The number of anilines is 1. The number of carbonyl (C=O) groups excluding carboxylic acids is 1. The Hall–Kier alpha value is -2.12. The average molecular weight is 323 g/mol. The van der Waals surface area contributed by atoms with Gasteiger partial charge in [0.05, 0.1) is 16.8 Å². The molecule has 0 fully saturated rings. The molecule has 6 nitrogen and oxygen atoms in total. The molecule has 0 saturated carbocycles. The lowest BCUT2D eigenvalue weighted by Crippen LogP contribution is -2.15. The standard InChI is InChI=1S/C13H11ClN4O2S/c1-18-8(5-6-15-18)12(19)17-13-16-10-9(20-2)4-3-7(14)11(10)21-13/h3-6H,1-2H3,(H,16,17,19). The zero-order chi connectivity index (χ0) is 15.0. The molecule has 3 aromatic rings. The predicted octanol–water partition coefficient (Wildman–Crippen LogP) is 2.94. The van der Waals surface area contributed by atoms with Gasteiger partial charge in [0.25, 0.3) is 5.91 Å². The fourth-order valence-electron chi connectivity index (χ4n) is 1.93. The van der Waals surface area contributed by atoms with Gasteiger partial charge in [-0.1, -0.05) is 22.9 Å². The van der Waals surface area contributed by atoms with E-state index in [1.165, 1.54) is 16.0 Å². The van der Waals surface area contributed by atoms with Crippen LogP contribution in [-0.2, 0) is 7.05 Å². The van der Waals surface area contributed by atoms with Crippen LogP contribution >= 0.6 is 22.9 Å². The summed E-state index contributed by atoms with van der Waals surface area (Å²) in [4.78, 5) is 16.5. The van der Waals surface area contributed by atoms with Crippen LogP contribution in [0.5, 0.6) is 5.75 Å². The molecule has 2 aromatic heterocycles. The van der Waals surface area contributed by atoms with Crippen LogP contribution in [0, 0.1) is 0 Å². The number of nitrogens with zero attached hydrogens (tertiary/aromatic N) is 3. The normalized spacial score (nSPS) is 10.8. The van der Waals surface area contributed by atoms with Crippen molar-refractivity contribution < 1.29 is 9.53 Å². The molecule has 8 heteroatoms. The first-order valence-electron chi connectivity index (χ1n) is 6.02. The summed E-state index contributed by atoms with van der Waals surface area (Å²) in [5.74, 6) is 0.343. The Morgan fingerprint density at radius 2 is 2.24 bits per heavy atom. The van der Waals surface area contributed by atoms with E-state index in [0.717, 1.165) is 4.70 Å². The van der Waals surface area contributed by atoms with Crippen molar-refractivity contribution in [2.45, 2.75) is 0 Å². The number of carbonyl (C=O) groups is 1. The average Bonchev–Trinajstić information content (AvgIpc) is 3.06. The molecule has 1 aromatic carbocycles. The molecule has 0 radical (unpaired) electrons. The molecule has 0 aliphatic carbocycles. The molecule has 0 saturated heterocycles. The minimum absolute atomic E-state index is 0.274. The SMILES string of the molecule is COc1ccc(Cl)c2sc(NC(=O)c3ccnn3C)nc12. The van der Waals surface area contributed by atoms with Crippen LogP contribution in [0.2, 0.25) is 5.02 Å². The number of methoxy groups -OCH3 is 1. The van der Waals surface area contributed by atoms with E-state index in [2.05, 4.69) is 15.4 Å². The summed E-state index contributed by atoms with van der Waals surface area (Å²) in [6, 6.07) is 5.13. The molecule has 3 rings (SSSR count). The van der Waals surface area contributed by atoms with Crippen molar-refractivity contribution in [1.82, 2.24) is 14.8 Å². The lowest BCUT2D eigenvalue weighted by molar-refractivity contribution is 0.101. The van der Waals surface area contributed by atoms with Crippen molar-refractivity contribution in [2.75, 3.05) is 12.4 Å². The molecule has 1 amide bonds. The van der Waals surface area contributed by atoms with Crippen molar-refractivity contribution in [1.29, 1.82) is 0 Å². The number of halogens is 1. The lowest BCUT2D eigenvalue weighted by Gasteiger charge is -2.01. The second kappa shape index (κ2) is 5.34. The number of benzene rings is 1. The van der Waals surface area contributed by atoms with Crippen molar-refractivity contribution >= 4 is 44.2 Å². The highest BCUT2D eigenvalue weighted by Crippen LogP contribution is 2.37. The van der Waals surface area contributed by atoms with Crippen LogP contribution < -0.4 is 10.1 Å². The topological polar surface area (TPSA) is 69.0 Å². The van der Waals surface area contributed by atoms with Gasteiger partial charge in [-0.2, -0.15) is 5.10 Å². The third kappa shape index (κ3) is 2.45. The second-order valence-corrected chi connectivity index (χ2v) is 5.65. The Bertz CT molecular complexity index is 827. The highest BCUT2D eigenvalue weighted by molar-refractivity contribution is 7.23. The molecule has 21 heavy (non-hydrogen) atoms. The maximum atomic E-state index is 12.1. The van der Waals surface area contributed by atoms with Crippen molar-refractivity contribution in [2.24, 2.45) is 7.05 Å². The Morgan fingerprint density at radius 3 is 2.90 bits per heavy atom. The maximum Gasteiger partial charge on any atom is 0.275 e. The van der Waals surface area contributed by atoms with Gasteiger partial charge in [0.1, 0.15) is 17.0 Å². The molecule has 0 bridgehead atoms. The maximum absolute atomic E-state index is 12.1. The van der Waals surface area contributed by atoms with Crippen LogP contribution in [0.1, 0.15) is 10.5 Å². The van der Waals surface area contributed by atoms with Gasteiger partial charge >= 0.3 is 0 Å². The molecule has 1 N–H and O–H groups in total. The number of nitrogens with one attached hydrogen (secondary N) is 1. The van der Waals surface area contributed by atoms with E-state index in [1.807, 2.05) is 0 Å². The number of rotatable bonds is 3. The van der Waals surface area contributed by atoms with Crippen LogP contribution in [0.3, 0.4) is 0 Å². The van der Waals surface area contributed by atoms with Crippen LogP contribution in [0.4, 0.5) is 5.13 Å². The Balaban J connectivity index is 1.97. The summed E-state index contributed by atoms with van der Waals surface area (Å²) in [6.45, 7) is 0. The fourth-order valence-corrected chi connectivity index (χ4v) is 3.08. The van der Waals surface area contributed by atoms with Crippen molar-refractivity contribution in [3.05, 3.63) is 35.1 Å². The van der Waals surface area contributed by atoms with Gasteiger partial charge < -0.3 is 4.74 Å². The second-order valence-electron chi connectivity index (χ2n) is 4.24. The first kappa shape index (κ1) is 13.8. The van der Waals surface area contributed by atoms with Gasteiger partial charge in [0, 0.05) is 13.2 Å². The van der Waals surface area contributed by atoms with Crippen molar-refractivity contribution in [3.63, 3.8) is 0 Å². The quantitative estimate of drug-likeness (QED) is 0.805.